The summed E-state index contributed by atoms with van der Waals surface area (Å²) in [5.41, 5.74) is -0.442. The lowest BCUT2D eigenvalue weighted by molar-refractivity contribution is -0.128. The number of ether oxygens (including phenoxy) is 2. The van der Waals surface area contributed by atoms with Crippen LogP contribution in [0.25, 0.3) is 0 Å². The van der Waals surface area contributed by atoms with E-state index in [0.29, 0.717) is 16.3 Å². The predicted molar refractivity (Wildman–Crippen MR) is 94.9 cm³/mol. The average molecular weight is 358 g/mol. The van der Waals surface area contributed by atoms with E-state index >= 15 is 0 Å². The second-order valence-electron chi connectivity index (χ2n) is 5.74. The number of rotatable bonds is 5. The summed E-state index contributed by atoms with van der Waals surface area (Å²) >= 11 is 1.01. The standard InChI is InChI=1S/C18H18N2O4S/c1-11-13(10-19)15(25-14(11)16(21)23-4)20-17(22)18(2,3)24-12-8-6-5-7-9-12/h5-9H,1-4H3,(H,20,22). The van der Waals surface area contributed by atoms with Gasteiger partial charge in [-0.25, -0.2) is 4.79 Å². The van der Waals surface area contributed by atoms with Gasteiger partial charge in [0.1, 0.15) is 21.7 Å². The van der Waals surface area contributed by atoms with Crippen molar-refractivity contribution in [3.63, 3.8) is 0 Å². The predicted octanol–water partition coefficient (Wildman–Crippen LogP) is 3.51. The van der Waals surface area contributed by atoms with E-state index in [9.17, 15) is 14.9 Å². The molecular formula is C18H18N2O4S. The third-order valence-electron chi connectivity index (χ3n) is 3.52. The third kappa shape index (κ3) is 3.98. The summed E-state index contributed by atoms with van der Waals surface area (Å²) < 4.78 is 10.4. The van der Waals surface area contributed by atoms with Crippen LogP contribution in [0.1, 0.15) is 34.6 Å². The fourth-order valence-electron chi connectivity index (χ4n) is 2.11. The number of thiophene rings is 1. The molecule has 0 aliphatic carbocycles. The molecule has 1 N–H and O–H groups in total. The summed E-state index contributed by atoms with van der Waals surface area (Å²) in [5.74, 6) is -0.411. The Kier molecular flexibility index (Phi) is 5.45. The molecule has 0 bridgehead atoms. The van der Waals surface area contributed by atoms with Gasteiger partial charge in [-0.3, -0.25) is 4.79 Å². The Hall–Kier alpha value is -2.85. The Morgan fingerprint density at radius 1 is 1.24 bits per heavy atom. The van der Waals surface area contributed by atoms with Crippen LogP contribution in [0.4, 0.5) is 5.00 Å². The van der Waals surface area contributed by atoms with Crippen molar-refractivity contribution >= 4 is 28.2 Å². The van der Waals surface area contributed by atoms with Crippen molar-refractivity contribution in [3.8, 4) is 11.8 Å². The van der Waals surface area contributed by atoms with Crippen LogP contribution in [0.5, 0.6) is 5.75 Å². The number of hydrogen-bond acceptors (Lipinski definition) is 6. The molecule has 0 saturated heterocycles. The van der Waals surface area contributed by atoms with E-state index in [1.807, 2.05) is 24.3 Å². The maximum Gasteiger partial charge on any atom is 0.348 e. The SMILES string of the molecule is COC(=O)c1sc(NC(=O)C(C)(C)Oc2ccccc2)c(C#N)c1C. The van der Waals surface area contributed by atoms with Crippen LogP contribution in [0.3, 0.4) is 0 Å². The highest BCUT2D eigenvalue weighted by molar-refractivity contribution is 7.18. The maximum absolute atomic E-state index is 12.6. The van der Waals surface area contributed by atoms with E-state index in [1.54, 1.807) is 32.9 Å². The van der Waals surface area contributed by atoms with Crippen LogP contribution >= 0.6 is 11.3 Å². The molecule has 1 aromatic carbocycles. The molecule has 0 aliphatic heterocycles. The second-order valence-corrected chi connectivity index (χ2v) is 6.76. The second kappa shape index (κ2) is 7.36. The quantitative estimate of drug-likeness (QED) is 0.826. The molecule has 25 heavy (non-hydrogen) atoms. The number of methoxy groups -OCH3 is 1. The van der Waals surface area contributed by atoms with Gasteiger partial charge in [-0.2, -0.15) is 5.26 Å². The molecule has 0 atom stereocenters. The number of carbonyl (C=O) groups is 2. The molecule has 130 valence electrons. The van der Waals surface area contributed by atoms with Crippen LogP contribution in [0.2, 0.25) is 0 Å². The molecule has 6 nitrogen and oxygen atoms in total. The number of esters is 1. The Bertz CT molecular complexity index is 835. The first-order chi connectivity index (χ1) is 11.8. The largest absolute Gasteiger partial charge is 0.478 e. The van der Waals surface area contributed by atoms with Gasteiger partial charge in [0.25, 0.3) is 5.91 Å². The first-order valence-corrected chi connectivity index (χ1v) is 8.29. The van der Waals surface area contributed by atoms with E-state index in [-0.39, 0.29) is 10.4 Å². The number of amides is 1. The third-order valence-corrected chi connectivity index (χ3v) is 4.71. The molecule has 0 spiro atoms. The lowest BCUT2D eigenvalue weighted by Gasteiger charge is -2.25. The zero-order chi connectivity index (χ0) is 18.6. The van der Waals surface area contributed by atoms with Gasteiger partial charge in [-0.15, -0.1) is 11.3 Å². The van der Waals surface area contributed by atoms with Crippen LogP contribution in [0, 0.1) is 18.3 Å². The Morgan fingerprint density at radius 3 is 2.44 bits per heavy atom. The highest BCUT2D eigenvalue weighted by Gasteiger charge is 2.32. The van der Waals surface area contributed by atoms with Gasteiger partial charge in [0, 0.05) is 0 Å². The number of nitrogens with zero attached hydrogens (tertiary/aromatic N) is 1. The Morgan fingerprint density at radius 2 is 1.88 bits per heavy atom. The molecule has 1 heterocycles. The number of nitriles is 1. The summed E-state index contributed by atoms with van der Waals surface area (Å²) in [6.07, 6.45) is 0. The topological polar surface area (TPSA) is 88.4 Å². The van der Waals surface area contributed by atoms with Crippen molar-refractivity contribution in [1.29, 1.82) is 5.26 Å². The number of para-hydroxylation sites is 1. The lowest BCUT2D eigenvalue weighted by atomic mass is 10.1. The molecule has 0 aliphatic rings. The van der Waals surface area contributed by atoms with Crippen molar-refractivity contribution in [2.24, 2.45) is 0 Å². The smallest absolute Gasteiger partial charge is 0.348 e. The van der Waals surface area contributed by atoms with Crippen LogP contribution in [-0.2, 0) is 9.53 Å². The fraction of sp³-hybridized carbons (Fsp3) is 0.278. The highest BCUT2D eigenvalue weighted by Crippen LogP contribution is 2.33. The summed E-state index contributed by atoms with van der Waals surface area (Å²) in [6.45, 7) is 4.90. The molecular weight excluding hydrogens is 340 g/mol. The molecule has 0 radical (unpaired) electrons. The van der Waals surface area contributed by atoms with Crippen molar-refractivity contribution < 1.29 is 19.1 Å². The van der Waals surface area contributed by atoms with E-state index in [2.05, 4.69) is 5.32 Å². The molecule has 1 amide bonds. The van der Waals surface area contributed by atoms with Gasteiger partial charge in [-0.1, -0.05) is 18.2 Å². The Balaban J connectivity index is 2.25. The van der Waals surface area contributed by atoms with Crippen LogP contribution in [0.15, 0.2) is 30.3 Å². The normalized spacial score (nSPS) is 10.7. The molecule has 2 aromatic rings. The number of anilines is 1. The summed E-state index contributed by atoms with van der Waals surface area (Å²) in [7, 11) is 1.27. The number of carbonyl (C=O) groups excluding carboxylic acids is 2. The van der Waals surface area contributed by atoms with Crippen molar-refractivity contribution in [1.82, 2.24) is 0 Å². The van der Waals surface area contributed by atoms with E-state index in [1.165, 1.54) is 7.11 Å². The van der Waals surface area contributed by atoms with Crippen molar-refractivity contribution in [2.45, 2.75) is 26.4 Å². The minimum atomic E-state index is -1.17. The number of nitrogens with one attached hydrogen (secondary N) is 1. The fourth-order valence-corrected chi connectivity index (χ4v) is 3.18. The zero-order valence-corrected chi connectivity index (χ0v) is 15.2. The Labute approximate surface area is 150 Å². The minimum absolute atomic E-state index is 0.245. The van der Waals surface area contributed by atoms with Crippen molar-refractivity contribution in [2.75, 3.05) is 12.4 Å². The highest BCUT2D eigenvalue weighted by atomic mass is 32.1. The molecule has 2 rings (SSSR count). The van der Waals surface area contributed by atoms with Gasteiger partial charge >= 0.3 is 5.97 Å². The lowest BCUT2D eigenvalue weighted by Crippen LogP contribution is -2.42. The first-order valence-electron chi connectivity index (χ1n) is 7.47. The summed E-state index contributed by atoms with van der Waals surface area (Å²) in [4.78, 5) is 24.7. The van der Waals surface area contributed by atoms with Gasteiger partial charge in [0.05, 0.1) is 12.7 Å². The van der Waals surface area contributed by atoms with Gasteiger partial charge in [0.2, 0.25) is 0 Å². The van der Waals surface area contributed by atoms with Crippen molar-refractivity contribution in [3.05, 3.63) is 46.3 Å². The molecule has 7 heteroatoms. The number of benzene rings is 1. The summed E-state index contributed by atoms with van der Waals surface area (Å²) in [5, 5.41) is 12.3. The monoisotopic (exact) mass is 358 g/mol. The summed E-state index contributed by atoms with van der Waals surface area (Å²) in [6, 6.07) is 11.0. The van der Waals surface area contributed by atoms with E-state index in [0.717, 1.165) is 11.3 Å². The van der Waals surface area contributed by atoms with Gasteiger partial charge in [0.15, 0.2) is 5.60 Å². The minimum Gasteiger partial charge on any atom is -0.478 e. The van der Waals surface area contributed by atoms with E-state index in [4.69, 9.17) is 9.47 Å². The van der Waals surface area contributed by atoms with Crippen LogP contribution in [-0.4, -0.2) is 24.6 Å². The molecule has 0 saturated carbocycles. The maximum atomic E-state index is 12.6. The average Bonchev–Trinajstić information content (AvgIpc) is 2.90. The number of hydrogen-bond donors (Lipinski definition) is 1. The molecule has 0 fully saturated rings. The van der Waals surface area contributed by atoms with E-state index < -0.39 is 17.5 Å². The molecule has 0 unspecified atom stereocenters. The first kappa shape index (κ1) is 18.5. The van der Waals surface area contributed by atoms with Crippen LogP contribution < -0.4 is 10.1 Å². The zero-order valence-electron chi connectivity index (χ0n) is 14.4. The van der Waals surface area contributed by atoms with Gasteiger partial charge < -0.3 is 14.8 Å². The molecule has 1 aromatic heterocycles. The van der Waals surface area contributed by atoms with Gasteiger partial charge in [-0.05, 0) is 38.5 Å².